The smallest absolute Gasteiger partial charge is 0.204 e. The fraction of sp³-hybridized carbons (Fsp3) is 0.182. The van der Waals surface area contributed by atoms with Gasteiger partial charge < -0.3 is 10.7 Å². The van der Waals surface area contributed by atoms with Gasteiger partial charge in [0.25, 0.3) is 0 Å². The van der Waals surface area contributed by atoms with E-state index in [-0.39, 0.29) is 6.41 Å². The summed E-state index contributed by atoms with van der Waals surface area (Å²) in [5.41, 5.74) is 6.81. The Balaban J connectivity index is 0.000000293. The van der Waals surface area contributed by atoms with Gasteiger partial charge in [-0.25, -0.2) is 0 Å². The van der Waals surface area contributed by atoms with Crippen LogP contribution in [0.25, 0.3) is 10.9 Å². The normalized spacial score (nSPS) is 9.21. The Kier molecular flexibility index (Phi) is 3.73. The topological polar surface area (TPSA) is 58.9 Å². The van der Waals surface area contributed by atoms with Crippen LogP contribution >= 0.6 is 0 Å². The lowest BCUT2D eigenvalue weighted by Gasteiger charge is -1.90. The van der Waals surface area contributed by atoms with E-state index in [1.54, 1.807) is 0 Å². The van der Waals surface area contributed by atoms with E-state index in [9.17, 15) is 0 Å². The standard InChI is InChI=1S/C10H11N.CH3NO/c1-2-8-7-11-10-6-4-3-5-9(8)10;2-1-3/h3-7,11H,2H2,1H3;1H,(H2,2,3). The average Bonchev–Trinajstić information content (AvgIpc) is 2.62. The lowest BCUT2D eigenvalue weighted by molar-refractivity contribution is -0.106. The number of primary amides is 1. The largest absolute Gasteiger partial charge is 0.372 e. The van der Waals surface area contributed by atoms with E-state index < -0.39 is 0 Å². The number of fused-ring (bicyclic) bond motifs is 1. The molecule has 2 rings (SSSR count). The van der Waals surface area contributed by atoms with Crippen LogP contribution < -0.4 is 5.73 Å². The van der Waals surface area contributed by atoms with Crippen LogP contribution in [0.4, 0.5) is 0 Å². The monoisotopic (exact) mass is 190 g/mol. The summed E-state index contributed by atoms with van der Waals surface area (Å²) in [4.78, 5) is 11.8. The highest BCUT2D eigenvalue weighted by atomic mass is 16.1. The Morgan fingerprint density at radius 1 is 1.43 bits per heavy atom. The molecule has 0 aliphatic carbocycles. The number of aryl methyl sites for hydroxylation is 1. The predicted octanol–water partition coefficient (Wildman–Crippen LogP) is 1.83. The van der Waals surface area contributed by atoms with Crippen LogP contribution in [0.2, 0.25) is 0 Å². The van der Waals surface area contributed by atoms with Crippen molar-refractivity contribution in [1.82, 2.24) is 4.98 Å². The van der Waals surface area contributed by atoms with Gasteiger partial charge >= 0.3 is 0 Å². The molecule has 3 N–H and O–H groups in total. The Morgan fingerprint density at radius 3 is 2.71 bits per heavy atom. The van der Waals surface area contributed by atoms with Crippen LogP contribution in [-0.4, -0.2) is 11.4 Å². The fourth-order valence-electron chi connectivity index (χ4n) is 1.42. The Hall–Kier alpha value is -1.77. The number of H-pyrrole nitrogens is 1. The highest BCUT2D eigenvalue weighted by Crippen LogP contribution is 2.17. The van der Waals surface area contributed by atoms with Gasteiger partial charge in [0.15, 0.2) is 0 Å². The molecular formula is C11H14N2O. The number of nitrogens with one attached hydrogen (secondary N) is 1. The summed E-state index contributed by atoms with van der Waals surface area (Å²) in [6.07, 6.45) is 3.44. The third-order valence-corrected chi connectivity index (χ3v) is 2.06. The molecule has 3 nitrogen and oxygen atoms in total. The number of aromatic amines is 1. The molecule has 0 saturated carbocycles. The first kappa shape index (κ1) is 10.3. The minimum Gasteiger partial charge on any atom is -0.372 e. The third-order valence-electron chi connectivity index (χ3n) is 2.06. The number of nitrogens with two attached hydrogens (primary N) is 1. The van der Waals surface area contributed by atoms with E-state index in [4.69, 9.17) is 4.79 Å². The van der Waals surface area contributed by atoms with E-state index in [1.807, 2.05) is 0 Å². The van der Waals surface area contributed by atoms with Gasteiger partial charge in [0, 0.05) is 17.1 Å². The molecule has 0 atom stereocenters. The van der Waals surface area contributed by atoms with Crippen molar-refractivity contribution in [3.05, 3.63) is 36.0 Å². The van der Waals surface area contributed by atoms with Crippen molar-refractivity contribution in [3.63, 3.8) is 0 Å². The highest BCUT2D eigenvalue weighted by molar-refractivity contribution is 5.82. The van der Waals surface area contributed by atoms with E-state index in [0.717, 1.165) is 6.42 Å². The number of hydrogen-bond donors (Lipinski definition) is 2. The number of amides is 1. The van der Waals surface area contributed by atoms with Crippen molar-refractivity contribution in [2.75, 3.05) is 0 Å². The summed E-state index contributed by atoms with van der Waals surface area (Å²) in [6.45, 7) is 2.18. The second-order valence-electron chi connectivity index (χ2n) is 2.85. The number of hydrogen-bond acceptors (Lipinski definition) is 1. The molecule has 0 unspecified atom stereocenters. The van der Waals surface area contributed by atoms with Gasteiger partial charge in [0.1, 0.15) is 0 Å². The van der Waals surface area contributed by atoms with Gasteiger partial charge in [-0.1, -0.05) is 25.1 Å². The Labute approximate surface area is 82.9 Å². The molecule has 2 aromatic rings. The number of para-hydroxylation sites is 1. The van der Waals surface area contributed by atoms with Crippen LogP contribution in [0, 0.1) is 0 Å². The molecule has 0 aliphatic heterocycles. The summed E-state index contributed by atoms with van der Waals surface area (Å²) in [5.74, 6) is 0. The van der Waals surface area contributed by atoms with Crippen molar-refractivity contribution in [2.45, 2.75) is 13.3 Å². The van der Waals surface area contributed by atoms with Crippen LogP contribution in [-0.2, 0) is 11.2 Å². The summed E-state index contributed by atoms with van der Waals surface area (Å²) in [6, 6.07) is 8.40. The van der Waals surface area contributed by atoms with Gasteiger partial charge in [-0.05, 0) is 18.1 Å². The predicted molar refractivity (Wildman–Crippen MR) is 57.9 cm³/mol. The van der Waals surface area contributed by atoms with Crippen molar-refractivity contribution >= 4 is 17.3 Å². The van der Waals surface area contributed by atoms with E-state index >= 15 is 0 Å². The highest BCUT2D eigenvalue weighted by Gasteiger charge is 1.97. The second kappa shape index (κ2) is 5.07. The van der Waals surface area contributed by atoms with Crippen molar-refractivity contribution in [1.29, 1.82) is 0 Å². The van der Waals surface area contributed by atoms with Gasteiger partial charge in [-0.2, -0.15) is 0 Å². The number of aromatic nitrogens is 1. The van der Waals surface area contributed by atoms with Crippen LogP contribution in [0.15, 0.2) is 30.5 Å². The summed E-state index contributed by atoms with van der Waals surface area (Å²) >= 11 is 0. The molecule has 0 fully saturated rings. The number of benzene rings is 1. The molecule has 14 heavy (non-hydrogen) atoms. The average molecular weight is 190 g/mol. The molecule has 0 saturated heterocycles. The van der Waals surface area contributed by atoms with E-state index in [1.165, 1.54) is 16.5 Å². The van der Waals surface area contributed by atoms with Crippen molar-refractivity contribution in [2.24, 2.45) is 5.73 Å². The fourth-order valence-corrected chi connectivity index (χ4v) is 1.42. The van der Waals surface area contributed by atoms with Gasteiger partial charge in [0.2, 0.25) is 6.41 Å². The zero-order valence-corrected chi connectivity index (χ0v) is 8.16. The molecule has 0 spiro atoms. The molecule has 1 aromatic carbocycles. The minimum atomic E-state index is 0.250. The summed E-state index contributed by atoms with van der Waals surface area (Å²) < 4.78 is 0. The summed E-state index contributed by atoms with van der Waals surface area (Å²) in [5, 5.41) is 1.36. The molecule has 74 valence electrons. The zero-order chi connectivity index (χ0) is 10.4. The number of rotatable bonds is 1. The SMILES string of the molecule is CCc1c[nH]c2ccccc12.NC=O. The maximum atomic E-state index is 8.58. The second-order valence-corrected chi connectivity index (χ2v) is 2.85. The first-order valence-corrected chi connectivity index (χ1v) is 4.53. The molecule has 1 aromatic heterocycles. The molecule has 0 radical (unpaired) electrons. The molecule has 0 aliphatic rings. The van der Waals surface area contributed by atoms with E-state index in [0.29, 0.717) is 0 Å². The van der Waals surface area contributed by atoms with Gasteiger partial charge in [-0.15, -0.1) is 0 Å². The first-order chi connectivity index (χ1) is 6.83. The van der Waals surface area contributed by atoms with Gasteiger partial charge in [0.05, 0.1) is 0 Å². The minimum absolute atomic E-state index is 0.250. The zero-order valence-electron chi connectivity index (χ0n) is 8.16. The molecule has 3 heteroatoms. The Bertz CT molecular complexity index is 406. The van der Waals surface area contributed by atoms with Crippen LogP contribution in [0.1, 0.15) is 12.5 Å². The molecular weight excluding hydrogens is 176 g/mol. The Morgan fingerprint density at radius 2 is 2.07 bits per heavy atom. The van der Waals surface area contributed by atoms with Crippen molar-refractivity contribution < 1.29 is 4.79 Å². The lowest BCUT2D eigenvalue weighted by Crippen LogP contribution is -1.82. The van der Waals surface area contributed by atoms with E-state index in [2.05, 4.69) is 48.1 Å². The van der Waals surface area contributed by atoms with Crippen LogP contribution in [0.5, 0.6) is 0 Å². The molecule has 1 heterocycles. The maximum absolute atomic E-state index is 8.58. The molecule has 1 amide bonds. The van der Waals surface area contributed by atoms with Gasteiger partial charge in [-0.3, -0.25) is 4.79 Å². The number of carbonyl (C=O) groups excluding carboxylic acids is 1. The maximum Gasteiger partial charge on any atom is 0.204 e. The number of carbonyl (C=O) groups is 1. The first-order valence-electron chi connectivity index (χ1n) is 4.53. The summed E-state index contributed by atoms with van der Waals surface area (Å²) in [7, 11) is 0. The lowest BCUT2D eigenvalue weighted by atomic mass is 10.1. The quantitative estimate of drug-likeness (QED) is 0.662. The van der Waals surface area contributed by atoms with Crippen molar-refractivity contribution in [3.8, 4) is 0 Å². The van der Waals surface area contributed by atoms with Crippen LogP contribution in [0.3, 0.4) is 0 Å². The third kappa shape index (κ3) is 2.13. The molecule has 0 bridgehead atoms.